The predicted molar refractivity (Wildman–Crippen MR) is 162 cm³/mol. The monoisotopic (exact) mass is 537 g/mol. The number of hydrogen-bond donors (Lipinski definition) is 1. The molecule has 0 unspecified atom stereocenters. The molecule has 4 heterocycles. The first kappa shape index (κ1) is 25.6. The lowest BCUT2D eigenvalue weighted by molar-refractivity contribution is 0.122. The van der Waals surface area contributed by atoms with Crippen LogP contribution < -0.4 is 15.1 Å². The van der Waals surface area contributed by atoms with Gasteiger partial charge in [-0.15, -0.1) is 0 Å². The van der Waals surface area contributed by atoms with E-state index in [4.69, 9.17) is 21.9 Å². The zero-order valence-corrected chi connectivity index (χ0v) is 23.6. The smallest absolute Gasteiger partial charge is 0.174 e. The van der Waals surface area contributed by atoms with Crippen LogP contribution in [0, 0.1) is 13.8 Å². The first-order valence-corrected chi connectivity index (χ1v) is 14.2. The van der Waals surface area contributed by atoms with Crippen LogP contribution >= 0.6 is 12.2 Å². The van der Waals surface area contributed by atoms with Gasteiger partial charge in [-0.25, -0.2) is 0 Å². The maximum absolute atomic E-state index is 5.99. The summed E-state index contributed by atoms with van der Waals surface area (Å²) in [6, 6.07) is 25.9. The van der Waals surface area contributed by atoms with E-state index in [1.165, 1.54) is 33.9 Å². The Labute approximate surface area is 236 Å². The van der Waals surface area contributed by atoms with Crippen molar-refractivity contribution in [3.63, 3.8) is 0 Å². The van der Waals surface area contributed by atoms with Crippen molar-refractivity contribution >= 4 is 28.7 Å². The number of aryl methyl sites for hydroxylation is 2. The second-order valence-corrected chi connectivity index (χ2v) is 10.7. The average Bonchev–Trinajstić information content (AvgIpc) is 3.48. The maximum Gasteiger partial charge on any atom is 0.174 e. The van der Waals surface area contributed by atoms with E-state index in [2.05, 4.69) is 101 Å². The van der Waals surface area contributed by atoms with Gasteiger partial charge in [0.15, 0.2) is 5.11 Å². The molecular formula is C32H35N5OS. The van der Waals surface area contributed by atoms with Crippen molar-refractivity contribution in [3.05, 3.63) is 107 Å². The molecule has 1 N–H and O–H groups in total. The van der Waals surface area contributed by atoms with Crippen molar-refractivity contribution in [3.8, 4) is 5.69 Å². The Kier molecular flexibility index (Phi) is 7.11. The van der Waals surface area contributed by atoms with Crippen LogP contribution in [0.1, 0.15) is 47.2 Å². The highest BCUT2D eigenvalue weighted by molar-refractivity contribution is 7.80. The van der Waals surface area contributed by atoms with Crippen LogP contribution in [0.2, 0.25) is 0 Å². The summed E-state index contributed by atoms with van der Waals surface area (Å²) in [5.74, 6) is 0. The Bertz CT molecular complexity index is 1440. The summed E-state index contributed by atoms with van der Waals surface area (Å²) in [7, 11) is 0. The van der Waals surface area contributed by atoms with Crippen molar-refractivity contribution in [2.45, 2.75) is 39.3 Å². The van der Waals surface area contributed by atoms with Gasteiger partial charge >= 0.3 is 0 Å². The van der Waals surface area contributed by atoms with Crippen LogP contribution in [0.4, 0.5) is 11.4 Å². The zero-order chi connectivity index (χ0) is 26.9. The summed E-state index contributed by atoms with van der Waals surface area (Å²) in [4.78, 5) is 9.38. The van der Waals surface area contributed by atoms with Gasteiger partial charge in [0.05, 0.1) is 31.0 Å². The number of pyridine rings is 1. The van der Waals surface area contributed by atoms with Crippen LogP contribution in [-0.2, 0) is 11.2 Å². The fourth-order valence-electron chi connectivity index (χ4n) is 5.96. The minimum absolute atomic E-state index is 0.0449. The first-order valence-electron chi connectivity index (χ1n) is 13.8. The van der Waals surface area contributed by atoms with Crippen molar-refractivity contribution in [1.29, 1.82) is 0 Å². The molecule has 2 aromatic carbocycles. The third-order valence-corrected chi connectivity index (χ3v) is 8.31. The molecule has 2 aromatic heterocycles. The van der Waals surface area contributed by atoms with E-state index < -0.39 is 0 Å². The Balaban J connectivity index is 1.42. The number of nitrogens with one attached hydrogen (secondary N) is 1. The molecule has 2 aliphatic heterocycles. The van der Waals surface area contributed by atoms with E-state index in [9.17, 15) is 0 Å². The number of hydrogen-bond acceptors (Lipinski definition) is 4. The van der Waals surface area contributed by atoms with Gasteiger partial charge in [-0.05, 0) is 98.2 Å². The van der Waals surface area contributed by atoms with Crippen LogP contribution in [0.3, 0.4) is 0 Å². The molecular weight excluding hydrogens is 502 g/mol. The fraction of sp³-hybridized carbons (Fsp3) is 0.312. The topological polar surface area (TPSA) is 45.6 Å². The molecule has 2 fully saturated rings. The molecule has 39 heavy (non-hydrogen) atoms. The molecule has 7 heteroatoms. The number of benzene rings is 2. The van der Waals surface area contributed by atoms with E-state index in [1.807, 2.05) is 18.3 Å². The molecule has 0 saturated carbocycles. The highest BCUT2D eigenvalue weighted by Gasteiger charge is 2.42. The molecule has 0 aliphatic carbocycles. The molecule has 0 amide bonds. The minimum atomic E-state index is -0.0750. The zero-order valence-electron chi connectivity index (χ0n) is 22.8. The number of rotatable bonds is 6. The Morgan fingerprint density at radius 1 is 0.923 bits per heavy atom. The number of morpholine rings is 1. The predicted octanol–water partition coefficient (Wildman–Crippen LogP) is 6.07. The summed E-state index contributed by atoms with van der Waals surface area (Å²) < 4.78 is 7.89. The van der Waals surface area contributed by atoms with Crippen LogP contribution in [0.5, 0.6) is 0 Å². The molecule has 0 bridgehead atoms. The summed E-state index contributed by atoms with van der Waals surface area (Å²) >= 11 is 5.99. The van der Waals surface area contributed by atoms with Gasteiger partial charge in [0.25, 0.3) is 0 Å². The highest BCUT2D eigenvalue weighted by Crippen LogP contribution is 2.44. The Morgan fingerprint density at radius 3 is 2.28 bits per heavy atom. The Morgan fingerprint density at radius 2 is 1.62 bits per heavy atom. The van der Waals surface area contributed by atoms with Crippen LogP contribution in [-0.4, -0.2) is 41.0 Å². The first-order chi connectivity index (χ1) is 19.0. The average molecular weight is 538 g/mol. The van der Waals surface area contributed by atoms with Crippen molar-refractivity contribution in [2.75, 3.05) is 36.1 Å². The molecule has 2 atom stereocenters. The van der Waals surface area contributed by atoms with Gasteiger partial charge in [-0.2, -0.15) is 0 Å². The number of aromatic nitrogens is 2. The second kappa shape index (κ2) is 10.8. The van der Waals surface area contributed by atoms with E-state index in [1.54, 1.807) is 0 Å². The number of ether oxygens (including phenoxy) is 1. The largest absolute Gasteiger partial charge is 0.378 e. The molecule has 6 nitrogen and oxygen atoms in total. The summed E-state index contributed by atoms with van der Waals surface area (Å²) in [6.45, 7) is 9.96. The van der Waals surface area contributed by atoms with Gasteiger partial charge in [0, 0.05) is 47.7 Å². The SMILES string of the molecule is CCc1ccc(-n2c(C)cc([C@H]3[C@H](c4ccccn4)NC(=S)N3c3ccc(N4CCOCC4)cc3)c2C)cc1. The molecule has 2 saturated heterocycles. The number of thiocarbonyl (C=S) groups is 1. The molecule has 4 aromatic rings. The van der Waals surface area contributed by atoms with Crippen molar-refractivity contribution < 1.29 is 4.74 Å². The third kappa shape index (κ3) is 4.81. The molecule has 200 valence electrons. The second-order valence-electron chi connectivity index (χ2n) is 10.3. The summed E-state index contributed by atoms with van der Waals surface area (Å²) in [6.07, 6.45) is 2.89. The fourth-order valence-corrected chi connectivity index (χ4v) is 6.31. The van der Waals surface area contributed by atoms with Gasteiger partial charge in [-0.1, -0.05) is 25.1 Å². The normalized spacial score (nSPS) is 19.4. The molecule has 2 aliphatic rings. The van der Waals surface area contributed by atoms with E-state index in [-0.39, 0.29) is 12.1 Å². The van der Waals surface area contributed by atoms with Gasteiger partial charge < -0.3 is 24.4 Å². The molecule has 0 spiro atoms. The van der Waals surface area contributed by atoms with E-state index >= 15 is 0 Å². The lowest BCUT2D eigenvalue weighted by Crippen LogP contribution is -2.36. The summed E-state index contributed by atoms with van der Waals surface area (Å²) in [5.41, 5.74) is 9.45. The lowest BCUT2D eigenvalue weighted by atomic mass is 9.96. The van der Waals surface area contributed by atoms with E-state index in [0.29, 0.717) is 5.11 Å². The van der Waals surface area contributed by atoms with Crippen LogP contribution in [0.25, 0.3) is 5.69 Å². The van der Waals surface area contributed by atoms with Gasteiger partial charge in [0.1, 0.15) is 0 Å². The summed E-state index contributed by atoms with van der Waals surface area (Å²) in [5, 5.41) is 4.33. The lowest BCUT2D eigenvalue weighted by Gasteiger charge is -2.31. The highest BCUT2D eigenvalue weighted by atomic mass is 32.1. The molecule has 6 rings (SSSR count). The third-order valence-electron chi connectivity index (χ3n) is 7.99. The Hall–Kier alpha value is -3.68. The van der Waals surface area contributed by atoms with E-state index in [0.717, 1.165) is 44.1 Å². The van der Waals surface area contributed by atoms with Gasteiger partial charge in [0.2, 0.25) is 0 Å². The maximum atomic E-state index is 5.99. The van der Waals surface area contributed by atoms with Gasteiger partial charge in [-0.3, -0.25) is 4.98 Å². The standard InChI is InChI=1S/C32H35N5OS/c1-4-24-8-10-26(11-9-24)36-22(2)21-28(23(36)3)31-30(29-7-5-6-16-33-29)34-32(39)37(31)27-14-12-25(13-15-27)35-17-19-38-20-18-35/h5-16,21,30-31H,4,17-20H2,1-3H3,(H,34,39)/t30-,31-/m0/s1. The van der Waals surface area contributed by atoms with Crippen LogP contribution in [0.15, 0.2) is 79.0 Å². The number of nitrogens with zero attached hydrogens (tertiary/aromatic N) is 4. The quantitative estimate of drug-likeness (QED) is 0.302. The minimum Gasteiger partial charge on any atom is -0.378 e. The molecule has 0 radical (unpaired) electrons. The van der Waals surface area contributed by atoms with Crippen molar-refractivity contribution in [1.82, 2.24) is 14.9 Å². The van der Waals surface area contributed by atoms with Crippen molar-refractivity contribution in [2.24, 2.45) is 0 Å². The number of anilines is 2.